The van der Waals surface area contributed by atoms with E-state index in [0.29, 0.717) is 13.1 Å². The standard InChI is InChI=1S/C11H17NO3/c1-8(13)12-6-9-4-2-3-5-11(9,7-12)10(14)15/h9H,2-7H2,1H3,(H,14,15)/t9-,11-/m0/s1. The summed E-state index contributed by atoms with van der Waals surface area (Å²) in [5, 5.41) is 9.36. The molecule has 1 heterocycles. The SMILES string of the molecule is CC(=O)N1C[C@@H]2CCCC[C@]2(C(=O)O)C1. The van der Waals surface area contributed by atoms with Gasteiger partial charge in [0.1, 0.15) is 0 Å². The summed E-state index contributed by atoms with van der Waals surface area (Å²) >= 11 is 0. The van der Waals surface area contributed by atoms with Gasteiger partial charge in [0.2, 0.25) is 5.91 Å². The van der Waals surface area contributed by atoms with Crippen LogP contribution in [0.3, 0.4) is 0 Å². The van der Waals surface area contributed by atoms with Crippen LogP contribution in [0.4, 0.5) is 0 Å². The third-order valence-electron chi connectivity index (χ3n) is 3.99. The van der Waals surface area contributed by atoms with Gasteiger partial charge in [0.05, 0.1) is 5.41 Å². The van der Waals surface area contributed by atoms with Gasteiger partial charge in [-0.15, -0.1) is 0 Å². The predicted octanol–water partition coefficient (Wildman–Crippen LogP) is 1.11. The highest BCUT2D eigenvalue weighted by Crippen LogP contribution is 2.46. The molecule has 2 fully saturated rings. The number of aliphatic carboxylic acids is 1. The van der Waals surface area contributed by atoms with E-state index in [9.17, 15) is 14.7 Å². The number of carboxylic acid groups (broad SMARTS) is 1. The van der Waals surface area contributed by atoms with Crippen LogP contribution in [0.25, 0.3) is 0 Å². The molecule has 0 aromatic heterocycles. The van der Waals surface area contributed by atoms with E-state index < -0.39 is 11.4 Å². The van der Waals surface area contributed by atoms with Crippen LogP contribution in [0.2, 0.25) is 0 Å². The molecule has 1 saturated heterocycles. The molecule has 1 aliphatic heterocycles. The van der Waals surface area contributed by atoms with Crippen molar-refractivity contribution in [3.63, 3.8) is 0 Å². The number of likely N-dealkylation sites (tertiary alicyclic amines) is 1. The quantitative estimate of drug-likeness (QED) is 0.706. The average Bonchev–Trinajstić information content (AvgIpc) is 2.58. The minimum absolute atomic E-state index is 0.00465. The summed E-state index contributed by atoms with van der Waals surface area (Å²) in [7, 11) is 0. The fourth-order valence-corrected chi connectivity index (χ4v) is 3.05. The highest BCUT2D eigenvalue weighted by molar-refractivity contribution is 5.80. The van der Waals surface area contributed by atoms with Crippen LogP contribution < -0.4 is 0 Å². The Morgan fingerprint density at radius 3 is 2.67 bits per heavy atom. The maximum Gasteiger partial charge on any atom is 0.311 e. The van der Waals surface area contributed by atoms with Gasteiger partial charge >= 0.3 is 5.97 Å². The van der Waals surface area contributed by atoms with Crippen LogP contribution in [0, 0.1) is 11.3 Å². The smallest absolute Gasteiger partial charge is 0.311 e. The highest BCUT2D eigenvalue weighted by Gasteiger charge is 2.53. The van der Waals surface area contributed by atoms with Gasteiger partial charge in [0, 0.05) is 20.0 Å². The summed E-state index contributed by atoms with van der Waals surface area (Å²) in [6.45, 7) is 2.58. The van der Waals surface area contributed by atoms with Crippen LogP contribution in [0.15, 0.2) is 0 Å². The van der Waals surface area contributed by atoms with E-state index >= 15 is 0 Å². The van der Waals surface area contributed by atoms with Crippen molar-refractivity contribution in [2.75, 3.05) is 13.1 Å². The number of rotatable bonds is 1. The van der Waals surface area contributed by atoms with E-state index in [-0.39, 0.29) is 11.8 Å². The van der Waals surface area contributed by atoms with Crippen molar-refractivity contribution in [2.45, 2.75) is 32.6 Å². The lowest BCUT2D eigenvalue weighted by Crippen LogP contribution is -2.41. The van der Waals surface area contributed by atoms with Crippen molar-refractivity contribution >= 4 is 11.9 Å². The Morgan fingerprint density at radius 2 is 2.13 bits per heavy atom. The minimum atomic E-state index is -0.712. The highest BCUT2D eigenvalue weighted by atomic mass is 16.4. The fraction of sp³-hybridized carbons (Fsp3) is 0.818. The predicted molar refractivity (Wildman–Crippen MR) is 54.3 cm³/mol. The normalized spacial score (nSPS) is 35.0. The molecule has 15 heavy (non-hydrogen) atoms. The summed E-state index contributed by atoms with van der Waals surface area (Å²) in [5.74, 6) is -0.534. The molecule has 2 rings (SSSR count). The first kappa shape index (κ1) is 10.5. The van der Waals surface area contributed by atoms with Crippen LogP contribution >= 0.6 is 0 Å². The van der Waals surface area contributed by atoms with Gasteiger partial charge in [0.15, 0.2) is 0 Å². The monoisotopic (exact) mass is 211 g/mol. The summed E-state index contributed by atoms with van der Waals surface area (Å²) < 4.78 is 0. The van der Waals surface area contributed by atoms with E-state index in [1.54, 1.807) is 4.90 Å². The molecule has 0 unspecified atom stereocenters. The first-order chi connectivity index (χ1) is 7.06. The molecule has 4 heteroatoms. The molecule has 0 aromatic carbocycles. The maximum atomic E-state index is 11.4. The van der Waals surface area contributed by atoms with Gasteiger partial charge in [0.25, 0.3) is 0 Å². The van der Waals surface area contributed by atoms with Crippen molar-refractivity contribution in [3.05, 3.63) is 0 Å². The van der Waals surface area contributed by atoms with Crippen molar-refractivity contribution in [3.8, 4) is 0 Å². The Labute approximate surface area is 89.3 Å². The minimum Gasteiger partial charge on any atom is -0.481 e. The molecule has 0 aromatic rings. The second kappa shape index (κ2) is 3.51. The van der Waals surface area contributed by atoms with Crippen molar-refractivity contribution in [1.29, 1.82) is 0 Å². The topological polar surface area (TPSA) is 57.6 Å². The van der Waals surface area contributed by atoms with E-state index in [1.807, 2.05) is 0 Å². The molecule has 1 saturated carbocycles. The number of nitrogens with zero attached hydrogens (tertiary/aromatic N) is 1. The zero-order chi connectivity index (χ0) is 11.1. The molecular weight excluding hydrogens is 194 g/mol. The first-order valence-electron chi connectivity index (χ1n) is 5.55. The van der Waals surface area contributed by atoms with E-state index in [0.717, 1.165) is 25.7 Å². The molecule has 1 amide bonds. The Balaban J connectivity index is 2.24. The summed E-state index contributed by atoms with van der Waals surface area (Å²) in [6, 6.07) is 0. The second-order valence-electron chi connectivity index (χ2n) is 4.80. The lowest BCUT2D eigenvalue weighted by atomic mass is 9.68. The van der Waals surface area contributed by atoms with Gasteiger partial charge < -0.3 is 10.0 Å². The lowest BCUT2D eigenvalue weighted by molar-refractivity contribution is -0.152. The molecule has 84 valence electrons. The summed E-state index contributed by atoms with van der Waals surface area (Å²) in [4.78, 5) is 24.4. The number of carbonyl (C=O) groups excluding carboxylic acids is 1. The molecular formula is C11H17NO3. The molecule has 0 bridgehead atoms. The van der Waals surface area contributed by atoms with Crippen LogP contribution in [0.1, 0.15) is 32.6 Å². The second-order valence-corrected chi connectivity index (χ2v) is 4.80. The largest absolute Gasteiger partial charge is 0.481 e. The van der Waals surface area contributed by atoms with E-state index in [4.69, 9.17) is 0 Å². The molecule has 0 radical (unpaired) electrons. The number of fused-ring (bicyclic) bond motifs is 1. The Bertz CT molecular complexity index is 302. The molecule has 1 aliphatic carbocycles. The van der Waals surface area contributed by atoms with Crippen LogP contribution in [-0.2, 0) is 9.59 Å². The zero-order valence-electron chi connectivity index (χ0n) is 9.03. The molecule has 2 atom stereocenters. The summed E-state index contributed by atoms with van der Waals surface area (Å²) in [5.41, 5.74) is -0.635. The van der Waals surface area contributed by atoms with Crippen molar-refractivity contribution in [1.82, 2.24) is 4.90 Å². The number of hydrogen-bond acceptors (Lipinski definition) is 2. The number of carboxylic acids is 1. The average molecular weight is 211 g/mol. The Kier molecular flexibility index (Phi) is 2.44. The maximum absolute atomic E-state index is 11.4. The fourth-order valence-electron chi connectivity index (χ4n) is 3.05. The van der Waals surface area contributed by atoms with Crippen LogP contribution in [-0.4, -0.2) is 35.0 Å². The third-order valence-corrected chi connectivity index (χ3v) is 3.99. The number of carbonyl (C=O) groups is 2. The third kappa shape index (κ3) is 1.52. The first-order valence-corrected chi connectivity index (χ1v) is 5.55. The van der Waals surface area contributed by atoms with Gasteiger partial charge in [-0.25, -0.2) is 0 Å². The lowest BCUT2D eigenvalue weighted by Gasteiger charge is -2.33. The van der Waals surface area contributed by atoms with E-state index in [1.165, 1.54) is 6.92 Å². The van der Waals surface area contributed by atoms with E-state index in [2.05, 4.69) is 0 Å². The zero-order valence-corrected chi connectivity index (χ0v) is 9.03. The van der Waals surface area contributed by atoms with Gasteiger partial charge in [-0.1, -0.05) is 12.8 Å². The summed E-state index contributed by atoms with van der Waals surface area (Å²) in [6.07, 6.45) is 3.77. The molecule has 2 aliphatic rings. The number of amides is 1. The van der Waals surface area contributed by atoms with Crippen LogP contribution in [0.5, 0.6) is 0 Å². The van der Waals surface area contributed by atoms with Crippen molar-refractivity contribution < 1.29 is 14.7 Å². The van der Waals surface area contributed by atoms with Gasteiger partial charge in [-0.05, 0) is 18.8 Å². The number of hydrogen-bond donors (Lipinski definition) is 1. The molecule has 1 N–H and O–H groups in total. The van der Waals surface area contributed by atoms with Gasteiger partial charge in [-0.2, -0.15) is 0 Å². The van der Waals surface area contributed by atoms with Gasteiger partial charge in [-0.3, -0.25) is 9.59 Å². The van der Waals surface area contributed by atoms with Crippen molar-refractivity contribution in [2.24, 2.45) is 11.3 Å². The molecule has 4 nitrogen and oxygen atoms in total. The Hall–Kier alpha value is -1.06. The Morgan fingerprint density at radius 1 is 1.40 bits per heavy atom. The molecule has 0 spiro atoms.